The van der Waals surface area contributed by atoms with E-state index >= 15 is 0 Å². The van der Waals surface area contributed by atoms with Crippen LogP contribution in [0.3, 0.4) is 0 Å². The van der Waals surface area contributed by atoms with Gasteiger partial charge in [0, 0.05) is 23.4 Å². The van der Waals surface area contributed by atoms with E-state index in [0.717, 1.165) is 28.0 Å². The SMILES string of the molecule is CCn1c(C(=O)Nc2nnc(C3CCCCC3)s2)c(C)c2ccccc21. The van der Waals surface area contributed by atoms with E-state index in [4.69, 9.17) is 0 Å². The lowest BCUT2D eigenvalue weighted by Crippen LogP contribution is -2.17. The molecule has 0 unspecified atom stereocenters. The van der Waals surface area contributed by atoms with E-state index < -0.39 is 0 Å². The van der Waals surface area contributed by atoms with Gasteiger partial charge in [0.25, 0.3) is 5.91 Å². The average molecular weight is 369 g/mol. The summed E-state index contributed by atoms with van der Waals surface area (Å²) in [4.78, 5) is 13.0. The summed E-state index contributed by atoms with van der Waals surface area (Å²) in [5.74, 6) is 0.405. The van der Waals surface area contributed by atoms with Crippen molar-refractivity contribution in [2.24, 2.45) is 0 Å². The van der Waals surface area contributed by atoms with E-state index in [1.807, 2.05) is 19.1 Å². The maximum absolute atomic E-state index is 13.0. The van der Waals surface area contributed by atoms with Crippen LogP contribution >= 0.6 is 11.3 Å². The maximum Gasteiger partial charge on any atom is 0.274 e. The molecular weight excluding hydrogens is 344 g/mol. The Hall–Kier alpha value is -2.21. The van der Waals surface area contributed by atoms with Gasteiger partial charge in [0.1, 0.15) is 10.7 Å². The molecule has 0 saturated heterocycles. The molecular formula is C20H24N4OS. The lowest BCUT2D eigenvalue weighted by atomic mass is 9.90. The molecule has 5 nitrogen and oxygen atoms in total. The fourth-order valence-corrected chi connectivity index (χ4v) is 4.96. The standard InChI is InChI=1S/C20H24N4OS/c1-3-24-16-12-8-7-11-15(16)13(2)17(24)18(25)21-20-23-22-19(26-20)14-9-5-4-6-10-14/h7-8,11-12,14H,3-6,9-10H2,1-2H3,(H,21,23,25). The van der Waals surface area contributed by atoms with Gasteiger partial charge in [-0.15, -0.1) is 10.2 Å². The second-order valence-corrected chi connectivity index (χ2v) is 7.98. The number of para-hydroxylation sites is 1. The van der Waals surface area contributed by atoms with Crippen LogP contribution in [0.15, 0.2) is 24.3 Å². The monoisotopic (exact) mass is 368 g/mol. The lowest BCUT2D eigenvalue weighted by Gasteiger charge is -2.18. The topological polar surface area (TPSA) is 59.8 Å². The van der Waals surface area contributed by atoms with Crippen molar-refractivity contribution in [3.8, 4) is 0 Å². The van der Waals surface area contributed by atoms with Crippen LogP contribution in [-0.2, 0) is 6.54 Å². The fourth-order valence-electron chi connectivity index (χ4n) is 4.05. The molecule has 3 aromatic rings. The normalized spacial score (nSPS) is 15.5. The zero-order chi connectivity index (χ0) is 18.1. The number of benzene rings is 1. The summed E-state index contributed by atoms with van der Waals surface area (Å²) in [6.45, 7) is 4.83. The van der Waals surface area contributed by atoms with Gasteiger partial charge in [0.2, 0.25) is 5.13 Å². The van der Waals surface area contributed by atoms with E-state index in [-0.39, 0.29) is 5.91 Å². The van der Waals surface area contributed by atoms with E-state index in [0.29, 0.717) is 16.7 Å². The van der Waals surface area contributed by atoms with Crippen LogP contribution in [0.25, 0.3) is 10.9 Å². The molecule has 1 amide bonds. The summed E-state index contributed by atoms with van der Waals surface area (Å²) in [6, 6.07) is 8.16. The van der Waals surface area contributed by atoms with Gasteiger partial charge in [0.15, 0.2) is 0 Å². The third-order valence-electron chi connectivity index (χ3n) is 5.37. The van der Waals surface area contributed by atoms with Crippen molar-refractivity contribution in [1.29, 1.82) is 0 Å². The summed E-state index contributed by atoms with van der Waals surface area (Å²) in [7, 11) is 0. The Kier molecular flexibility index (Phi) is 4.76. The maximum atomic E-state index is 13.0. The molecule has 136 valence electrons. The summed E-state index contributed by atoms with van der Waals surface area (Å²) >= 11 is 1.53. The molecule has 0 radical (unpaired) electrons. The second-order valence-electron chi connectivity index (χ2n) is 6.97. The molecule has 1 fully saturated rings. The van der Waals surface area contributed by atoms with Gasteiger partial charge >= 0.3 is 0 Å². The Morgan fingerprint density at radius 2 is 2.00 bits per heavy atom. The summed E-state index contributed by atoms with van der Waals surface area (Å²) < 4.78 is 2.07. The first-order valence-corrected chi connectivity index (χ1v) is 10.2. The van der Waals surface area contributed by atoms with Crippen molar-refractivity contribution < 1.29 is 4.79 Å². The number of fused-ring (bicyclic) bond motifs is 1. The predicted molar refractivity (Wildman–Crippen MR) is 106 cm³/mol. The number of aromatic nitrogens is 3. The van der Waals surface area contributed by atoms with Gasteiger partial charge in [-0.3, -0.25) is 10.1 Å². The van der Waals surface area contributed by atoms with E-state index in [2.05, 4.69) is 39.1 Å². The van der Waals surface area contributed by atoms with Gasteiger partial charge in [-0.25, -0.2) is 0 Å². The minimum Gasteiger partial charge on any atom is -0.337 e. The Labute approximate surface area is 157 Å². The van der Waals surface area contributed by atoms with Crippen LogP contribution in [-0.4, -0.2) is 20.7 Å². The zero-order valence-corrected chi connectivity index (χ0v) is 16.1. The first kappa shape index (κ1) is 17.2. The molecule has 2 aromatic heterocycles. The highest BCUT2D eigenvalue weighted by atomic mass is 32.1. The van der Waals surface area contributed by atoms with Crippen molar-refractivity contribution >= 4 is 33.3 Å². The Morgan fingerprint density at radius 3 is 2.77 bits per heavy atom. The highest BCUT2D eigenvalue weighted by Crippen LogP contribution is 2.35. The smallest absolute Gasteiger partial charge is 0.274 e. The van der Waals surface area contributed by atoms with Crippen molar-refractivity contribution in [1.82, 2.24) is 14.8 Å². The fraction of sp³-hybridized carbons (Fsp3) is 0.450. The van der Waals surface area contributed by atoms with E-state index in [1.165, 1.54) is 43.4 Å². The van der Waals surface area contributed by atoms with Crippen LogP contribution in [0, 0.1) is 6.92 Å². The van der Waals surface area contributed by atoms with Crippen LogP contribution in [0.2, 0.25) is 0 Å². The Balaban J connectivity index is 1.60. The molecule has 1 aliphatic rings. The number of nitrogens with one attached hydrogen (secondary N) is 1. The zero-order valence-electron chi connectivity index (χ0n) is 15.3. The Morgan fingerprint density at radius 1 is 1.23 bits per heavy atom. The van der Waals surface area contributed by atoms with Crippen LogP contribution in [0.1, 0.15) is 66.0 Å². The van der Waals surface area contributed by atoms with Gasteiger partial charge in [0.05, 0.1) is 0 Å². The minimum absolute atomic E-state index is 0.105. The molecule has 1 N–H and O–H groups in total. The molecule has 0 atom stereocenters. The number of hydrogen-bond donors (Lipinski definition) is 1. The molecule has 1 aromatic carbocycles. The molecule has 26 heavy (non-hydrogen) atoms. The average Bonchev–Trinajstić information content (AvgIpc) is 3.25. The van der Waals surface area contributed by atoms with Gasteiger partial charge < -0.3 is 4.57 Å². The number of carbonyl (C=O) groups excluding carboxylic acids is 1. The number of carbonyl (C=O) groups is 1. The van der Waals surface area contributed by atoms with Crippen LogP contribution in [0.4, 0.5) is 5.13 Å². The number of rotatable bonds is 4. The quantitative estimate of drug-likeness (QED) is 0.695. The van der Waals surface area contributed by atoms with Crippen LogP contribution in [0.5, 0.6) is 0 Å². The third kappa shape index (κ3) is 3.03. The molecule has 1 saturated carbocycles. The summed E-state index contributed by atoms with van der Waals surface area (Å²) in [6.07, 6.45) is 6.22. The second kappa shape index (κ2) is 7.19. The van der Waals surface area contributed by atoms with Gasteiger partial charge in [-0.05, 0) is 38.3 Å². The van der Waals surface area contributed by atoms with Gasteiger partial charge in [-0.2, -0.15) is 0 Å². The molecule has 4 rings (SSSR count). The first-order chi connectivity index (χ1) is 12.7. The molecule has 0 bridgehead atoms. The molecule has 2 heterocycles. The highest BCUT2D eigenvalue weighted by molar-refractivity contribution is 7.15. The molecule has 0 aliphatic heterocycles. The van der Waals surface area contributed by atoms with Crippen molar-refractivity contribution in [2.45, 2.75) is 58.4 Å². The number of nitrogens with zero attached hydrogens (tertiary/aromatic N) is 3. The summed E-state index contributed by atoms with van der Waals surface area (Å²) in [5.41, 5.74) is 2.82. The number of anilines is 1. The predicted octanol–water partition coefficient (Wildman–Crippen LogP) is 5.12. The highest BCUT2D eigenvalue weighted by Gasteiger charge is 2.23. The van der Waals surface area contributed by atoms with Gasteiger partial charge in [-0.1, -0.05) is 48.8 Å². The number of hydrogen-bond acceptors (Lipinski definition) is 4. The number of aryl methyl sites for hydroxylation is 2. The molecule has 0 spiro atoms. The number of amides is 1. The summed E-state index contributed by atoms with van der Waals surface area (Å²) in [5, 5.41) is 14.3. The molecule has 6 heteroatoms. The van der Waals surface area contributed by atoms with E-state index in [9.17, 15) is 4.79 Å². The lowest BCUT2D eigenvalue weighted by molar-refractivity contribution is 0.101. The third-order valence-corrected chi connectivity index (χ3v) is 6.37. The largest absolute Gasteiger partial charge is 0.337 e. The minimum atomic E-state index is -0.105. The first-order valence-electron chi connectivity index (χ1n) is 9.41. The van der Waals surface area contributed by atoms with Crippen LogP contribution < -0.4 is 5.32 Å². The van der Waals surface area contributed by atoms with Crippen molar-refractivity contribution in [3.05, 3.63) is 40.5 Å². The van der Waals surface area contributed by atoms with Crippen molar-refractivity contribution in [3.63, 3.8) is 0 Å². The molecule has 1 aliphatic carbocycles. The van der Waals surface area contributed by atoms with E-state index in [1.54, 1.807) is 0 Å². The Bertz CT molecular complexity index is 937. The van der Waals surface area contributed by atoms with Crippen molar-refractivity contribution in [2.75, 3.05) is 5.32 Å².